The molecule has 4 heterocycles. The molecule has 2 aromatic heterocycles. The summed E-state index contributed by atoms with van der Waals surface area (Å²) in [4.78, 5) is 50.1. The summed E-state index contributed by atoms with van der Waals surface area (Å²) in [7, 11) is 0. The van der Waals surface area contributed by atoms with Gasteiger partial charge in [0.25, 0.3) is 5.91 Å². The molecule has 2 aliphatic rings. The van der Waals surface area contributed by atoms with Gasteiger partial charge >= 0.3 is 5.97 Å². The molecule has 1 unspecified atom stereocenters. The molecule has 0 aliphatic carbocycles. The molecule has 3 amide bonds. The molecular weight excluding hydrogens is 472 g/mol. The third kappa shape index (κ3) is 4.71. The van der Waals surface area contributed by atoms with Gasteiger partial charge in [0.1, 0.15) is 11.8 Å². The zero-order valence-electron chi connectivity index (χ0n) is 18.4. The molecule has 5 rings (SSSR count). The topological polar surface area (TPSA) is 122 Å². The van der Waals surface area contributed by atoms with Gasteiger partial charge in [-0.05, 0) is 47.8 Å². The van der Waals surface area contributed by atoms with E-state index >= 15 is 0 Å². The van der Waals surface area contributed by atoms with Crippen molar-refractivity contribution >= 4 is 46.4 Å². The predicted octanol–water partition coefficient (Wildman–Crippen LogP) is 3.03. The fraction of sp³-hybridized carbons (Fsp3) is 0.208. The maximum absolute atomic E-state index is 12.9. The largest absolute Gasteiger partial charge is 0.467 e. The number of carbonyl (C=O) groups excluding carboxylic acids is 4. The Labute approximate surface area is 203 Å². The first-order valence-corrected chi connectivity index (χ1v) is 11.7. The van der Waals surface area contributed by atoms with Crippen molar-refractivity contribution in [3.05, 3.63) is 76.4 Å². The number of amides is 3. The fourth-order valence-corrected chi connectivity index (χ4v) is 4.56. The van der Waals surface area contributed by atoms with Crippen molar-refractivity contribution in [1.29, 1.82) is 0 Å². The summed E-state index contributed by atoms with van der Waals surface area (Å²) in [6.45, 7) is -0.500. The molecule has 0 spiro atoms. The van der Waals surface area contributed by atoms with Crippen LogP contribution < -0.4 is 10.4 Å². The Balaban J connectivity index is 1.24. The minimum absolute atomic E-state index is 0.115. The molecular formula is C24H20N4O6S. The van der Waals surface area contributed by atoms with Gasteiger partial charge < -0.3 is 9.15 Å². The average Bonchev–Trinajstić information content (AvgIpc) is 3.65. The maximum atomic E-state index is 12.9. The van der Waals surface area contributed by atoms with E-state index in [0.717, 1.165) is 15.6 Å². The second-order valence-corrected chi connectivity index (χ2v) is 8.83. The van der Waals surface area contributed by atoms with Crippen LogP contribution in [-0.4, -0.2) is 41.0 Å². The Hall–Kier alpha value is -4.25. The van der Waals surface area contributed by atoms with Crippen molar-refractivity contribution in [3.63, 3.8) is 0 Å². The van der Waals surface area contributed by atoms with E-state index in [1.54, 1.807) is 12.1 Å². The van der Waals surface area contributed by atoms with Gasteiger partial charge in [-0.3, -0.25) is 19.8 Å². The van der Waals surface area contributed by atoms with Gasteiger partial charge in [-0.25, -0.2) is 14.8 Å². The van der Waals surface area contributed by atoms with Gasteiger partial charge in [-0.15, -0.1) is 11.3 Å². The number of furan rings is 1. The third-order valence-corrected chi connectivity index (χ3v) is 6.50. The molecule has 11 heteroatoms. The molecule has 1 N–H and O–H groups in total. The van der Waals surface area contributed by atoms with Crippen LogP contribution in [0.2, 0.25) is 0 Å². The summed E-state index contributed by atoms with van der Waals surface area (Å²) in [5.74, 6) is -1.09. The van der Waals surface area contributed by atoms with Crippen molar-refractivity contribution in [3.8, 4) is 0 Å². The third-order valence-electron chi connectivity index (χ3n) is 5.58. The van der Waals surface area contributed by atoms with Gasteiger partial charge in [0.2, 0.25) is 11.8 Å². The van der Waals surface area contributed by atoms with Crippen LogP contribution in [0.4, 0.5) is 5.69 Å². The molecule has 35 heavy (non-hydrogen) atoms. The zero-order chi connectivity index (χ0) is 24.4. The number of anilines is 1. The number of nitrogens with one attached hydrogen (secondary N) is 1. The van der Waals surface area contributed by atoms with Crippen molar-refractivity contribution < 1.29 is 28.3 Å². The number of rotatable bonds is 6. The van der Waals surface area contributed by atoms with Gasteiger partial charge in [0.05, 0.1) is 28.1 Å². The Morgan fingerprint density at radius 1 is 1.11 bits per heavy atom. The van der Waals surface area contributed by atoms with Crippen LogP contribution in [0.1, 0.15) is 46.3 Å². The highest BCUT2D eigenvalue weighted by Crippen LogP contribution is 2.34. The highest BCUT2D eigenvalue weighted by molar-refractivity contribution is 7.12. The standard InChI is InChI=1S/C24H20N4O6S/c29-21-9-10-22(30)27(26-21)16-7-5-15(6-8-16)24(32)34-14-23(31)28-18(19-3-1-11-33-19)13-17(25-28)20-4-2-12-35-20/h1-8,11-12,18H,9-10,13-14H2,(H,26,29). The molecule has 1 fully saturated rings. The number of hydrogen-bond acceptors (Lipinski definition) is 8. The van der Waals surface area contributed by atoms with E-state index in [-0.39, 0.29) is 30.2 Å². The van der Waals surface area contributed by atoms with Crippen molar-refractivity contribution in [2.24, 2.45) is 5.10 Å². The highest BCUT2D eigenvalue weighted by Gasteiger charge is 2.35. The Morgan fingerprint density at radius 2 is 1.94 bits per heavy atom. The lowest BCUT2D eigenvalue weighted by atomic mass is 10.1. The van der Waals surface area contributed by atoms with Gasteiger partial charge in [0, 0.05) is 19.3 Å². The molecule has 1 saturated heterocycles. The van der Waals surface area contributed by atoms with Crippen LogP contribution in [0.15, 0.2) is 69.7 Å². The van der Waals surface area contributed by atoms with Crippen molar-refractivity contribution in [1.82, 2.24) is 10.4 Å². The Morgan fingerprint density at radius 3 is 2.66 bits per heavy atom. The number of nitrogens with zero attached hydrogens (tertiary/aromatic N) is 3. The number of hydrazone groups is 1. The van der Waals surface area contributed by atoms with Crippen LogP contribution in [0.25, 0.3) is 0 Å². The van der Waals surface area contributed by atoms with Crippen molar-refractivity contribution in [2.45, 2.75) is 25.3 Å². The lowest BCUT2D eigenvalue weighted by Gasteiger charge is -2.27. The summed E-state index contributed by atoms with van der Waals surface area (Å²) in [5.41, 5.74) is 3.87. The predicted molar refractivity (Wildman–Crippen MR) is 125 cm³/mol. The highest BCUT2D eigenvalue weighted by atomic mass is 32.1. The van der Waals surface area contributed by atoms with Gasteiger partial charge in [-0.1, -0.05) is 6.07 Å². The van der Waals surface area contributed by atoms with Crippen LogP contribution in [-0.2, 0) is 19.1 Å². The summed E-state index contributed by atoms with van der Waals surface area (Å²) in [5, 5.41) is 8.87. The number of ether oxygens (including phenoxy) is 1. The van der Waals surface area contributed by atoms with E-state index < -0.39 is 24.5 Å². The number of benzene rings is 1. The van der Waals surface area contributed by atoms with Crippen LogP contribution >= 0.6 is 11.3 Å². The molecule has 0 radical (unpaired) electrons. The summed E-state index contributed by atoms with van der Waals surface area (Å²) in [6, 6.07) is 12.9. The van der Waals surface area contributed by atoms with Gasteiger partial charge in [0.15, 0.2) is 6.61 Å². The summed E-state index contributed by atoms with van der Waals surface area (Å²) >= 11 is 1.53. The van der Waals surface area contributed by atoms with E-state index in [1.165, 1.54) is 46.9 Å². The van der Waals surface area contributed by atoms with Crippen molar-refractivity contribution in [2.75, 3.05) is 11.6 Å². The first-order chi connectivity index (χ1) is 17.0. The lowest BCUT2D eigenvalue weighted by molar-refractivity contribution is -0.136. The fourth-order valence-electron chi connectivity index (χ4n) is 3.84. The average molecular weight is 493 g/mol. The van der Waals surface area contributed by atoms with Gasteiger partial charge in [-0.2, -0.15) is 5.10 Å². The second-order valence-electron chi connectivity index (χ2n) is 7.88. The molecule has 178 valence electrons. The summed E-state index contributed by atoms with van der Waals surface area (Å²) in [6.07, 6.45) is 2.28. The number of carbonyl (C=O) groups is 4. The first kappa shape index (κ1) is 22.5. The normalized spacial score (nSPS) is 17.8. The summed E-state index contributed by atoms with van der Waals surface area (Å²) < 4.78 is 10.7. The zero-order valence-corrected chi connectivity index (χ0v) is 19.2. The molecule has 2 aliphatic heterocycles. The smallest absolute Gasteiger partial charge is 0.338 e. The van der Waals surface area contributed by atoms with E-state index in [0.29, 0.717) is 17.9 Å². The molecule has 1 atom stereocenters. The molecule has 3 aromatic rings. The Bertz CT molecular complexity index is 1280. The number of hydrogen-bond donors (Lipinski definition) is 1. The van der Waals surface area contributed by atoms with Crippen LogP contribution in [0.5, 0.6) is 0 Å². The van der Waals surface area contributed by atoms with E-state index in [4.69, 9.17) is 9.15 Å². The van der Waals surface area contributed by atoms with Crippen LogP contribution in [0, 0.1) is 0 Å². The molecule has 0 saturated carbocycles. The molecule has 0 bridgehead atoms. The number of thiophene rings is 1. The Kier molecular flexibility index (Phi) is 6.15. The second kappa shape index (κ2) is 9.55. The molecule has 10 nitrogen and oxygen atoms in total. The SMILES string of the molecule is O=C1CCC(=O)N(c2ccc(C(=O)OCC(=O)N3N=C(c4cccs4)CC3c3ccco3)cc2)N1. The van der Waals surface area contributed by atoms with Crippen LogP contribution in [0.3, 0.4) is 0 Å². The molecule has 1 aromatic carbocycles. The monoisotopic (exact) mass is 492 g/mol. The van der Waals surface area contributed by atoms with E-state index in [1.807, 2.05) is 17.5 Å². The first-order valence-electron chi connectivity index (χ1n) is 10.9. The minimum atomic E-state index is -0.699. The van der Waals surface area contributed by atoms with E-state index in [2.05, 4.69) is 10.5 Å². The van der Waals surface area contributed by atoms with E-state index in [9.17, 15) is 19.2 Å². The lowest BCUT2D eigenvalue weighted by Crippen LogP contribution is -2.50. The minimum Gasteiger partial charge on any atom is -0.467 e. The number of hydrazine groups is 1. The quantitative estimate of drug-likeness (QED) is 0.528. The number of esters is 1. The maximum Gasteiger partial charge on any atom is 0.338 e.